The first-order valence-corrected chi connectivity index (χ1v) is 7.04. The third-order valence-corrected chi connectivity index (χ3v) is 4.59. The normalized spacial score (nSPS) is 34.6. The number of carbonyl (C=O) groups excluding carboxylic acids is 1. The third-order valence-electron chi connectivity index (χ3n) is 4.59. The van der Waals surface area contributed by atoms with E-state index in [-0.39, 0.29) is 12.0 Å². The van der Waals surface area contributed by atoms with E-state index in [1.54, 1.807) is 0 Å². The molecule has 2 rings (SSSR count). The highest BCUT2D eigenvalue weighted by Gasteiger charge is 2.42. The highest BCUT2D eigenvalue weighted by atomic mass is 16.5. The highest BCUT2D eigenvalue weighted by Crippen LogP contribution is 2.49. The number of ether oxygens (including phenoxy) is 1. The first kappa shape index (κ1) is 12.9. The van der Waals surface area contributed by atoms with Gasteiger partial charge in [-0.25, -0.2) is 0 Å². The van der Waals surface area contributed by atoms with Gasteiger partial charge in [0.05, 0.1) is 6.61 Å². The van der Waals surface area contributed by atoms with Crippen molar-refractivity contribution in [3.05, 3.63) is 0 Å². The maximum atomic E-state index is 11.6. The average Bonchev–Trinajstić information content (AvgIpc) is 2.90. The quantitative estimate of drug-likeness (QED) is 0.748. The summed E-state index contributed by atoms with van der Waals surface area (Å²) in [6, 6.07) is 0.258. The van der Waals surface area contributed by atoms with E-state index in [2.05, 4.69) is 12.2 Å². The van der Waals surface area contributed by atoms with Gasteiger partial charge in [-0.15, -0.1) is 0 Å². The van der Waals surface area contributed by atoms with Gasteiger partial charge >= 0.3 is 5.97 Å². The molecule has 2 aliphatic rings. The lowest BCUT2D eigenvalue weighted by atomic mass is 9.84. The summed E-state index contributed by atoms with van der Waals surface area (Å²) in [5.41, 5.74) is 0. The molecule has 0 aromatic rings. The van der Waals surface area contributed by atoms with Gasteiger partial charge in [-0.1, -0.05) is 6.42 Å². The van der Waals surface area contributed by atoms with Gasteiger partial charge in [-0.2, -0.15) is 0 Å². The lowest BCUT2D eigenvalue weighted by Gasteiger charge is -2.30. The van der Waals surface area contributed by atoms with Gasteiger partial charge in [0, 0.05) is 6.04 Å². The van der Waals surface area contributed by atoms with Crippen LogP contribution in [-0.4, -0.2) is 24.7 Å². The number of carbonyl (C=O) groups is 1. The van der Waals surface area contributed by atoms with Crippen molar-refractivity contribution >= 4 is 5.97 Å². The Morgan fingerprint density at radius 3 is 2.65 bits per heavy atom. The predicted molar refractivity (Wildman–Crippen MR) is 67.6 cm³/mol. The van der Waals surface area contributed by atoms with E-state index in [0.29, 0.717) is 12.6 Å². The van der Waals surface area contributed by atoms with E-state index >= 15 is 0 Å². The van der Waals surface area contributed by atoms with E-state index in [4.69, 9.17) is 4.74 Å². The molecule has 3 nitrogen and oxygen atoms in total. The Labute approximate surface area is 104 Å². The first-order valence-electron chi connectivity index (χ1n) is 7.04. The summed E-state index contributed by atoms with van der Waals surface area (Å²) in [4.78, 5) is 11.6. The molecule has 0 aliphatic heterocycles. The molecule has 0 radical (unpaired) electrons. The Morgan fingerprint density at radius 2 is 2.12 bits per heavy atom. The SMILES string of the molecule is CCOC(=O)C(C)NC(C)C1CC2CCC1C2. The molecule has 0 aromatic carbocycles. The summed E-state index contributed by atoms with van der Waals surface area (Å²) in [6.07, 6.45) is 5.61. The van der Waals surface area contributed by atoms with E-state index < -0.39 is 0 Å². The van der Waals surface area contributed by atoms with Crippen LogP contribution in [0, 0.1) is 17.8 Å². The fourth-order valence-corrected chi connectivity index (χ4v) is 3.76. The number of nitrogens with one attached hydrogen (secondary N) is 1. The fourth-order valence-electron chi connectivity index (χ4n) is 3.76. The third kappa shape index (κ3) is 2.82. The Kier molecular flexibility index (Phi) is 4.08. The molecular weight excluding hydrogens is 214 g/mol. The van der Waals surface area contributed by atoms with Gasteiger partial charge in [0.2, 0.25) is 0 Å². The van der Waals surface area contributed by atoms with Crippen molar-refractivity contribution in [1.82, 2.24) is 5.32 Å². The zero-order valence-corrected chi connectivity index (χ0v) is 11.2. The van der Waals surface area contributed by atoms with Gasteiger partial charge in [0.25, 0.3) is 0 Å². The maximum absolute atomic E-state index is 11.6. The minimum atomic E-state index is -0.177. The van der Waals surface area contributed by atoms with E-state index in [1.165, 1.54) is 25.7 Å². The van der Waals surface area contributed by atoms with Crippen LogP contribution in [0.4, 0.5) is 0 Å². The van der Waals surface area contributed by atoms with E-state index in [0.717, 1.165) is 17.8 Å². The monoisotopic (exact) mass is 239 g/mol. The summed E-state index contributed by atoms with van der Waals surface area (Å²) in [6.45, 7) is 6.44. The van der Waals surface area contributed by atoms with E-state index in [9.17, 15) is 4.79 Å². The summed E-state index contributed by atoms with van der Waals surface area (Å²) >= 11 is 0. The van der Waals surface area contributed by atoms with Gasteiger partial charge in [-0.3, -0.25) is 4.79 Å². The van der Waals surface area contributed by atoms with Crippen LogP contribution in [0.15, 0.2) is 0 Å². The first-order chi connectivity index (χ1) is 8.11. The minimum Gasteiger partial charge on any atom is -0.465 e. The van der Waals surface area contributed by atoms with Crippen molar-refractivity contribution in [3.63, 3.8) is 0 Å². The highest BCUT2D eigenvalue weighted by molar-refractivity contribution is 5.75. The van der Waals surface area contributed by atoms with Crippen LogP contribution in [0.1, 0.15) is 46.5 Å². The lowest BCUT2D eigenvalue weighted by Crippen LogP contribution is -2.45. The predicted octanol–water partition coefficient (Wildman–Crippen LogP) is 2.35. The molecule has 0 aromatic heterocycles. The van der Waals surface area contributed by atoms with Crippen LogP contribution >= 0.6 is 0 Å². The van der Waals surface area contributed by atoms with Crippen molar-refractivity contribution < 1.29 is 9.53 Å². The van der Waals surface area contributed by atoms with Crippen LogP contribution in [0.25, 0.3) is 0 Å². The molecule has 5 unspecified atom stereocenters. The molecule has 2 aliphatic carbocycles. The Balaban J connectivity index is 1.80. The van der Waals surface area contributed by atoms with Crippen molar-refractivity contribution in [1.29, 1.82) is 0 Å². The zero-order chi connectivity index (χ0) is 12.4. The average molecular weight is 239 g/mol. The molecule has 98 valence electrons. The number of rotatable bonds is 5. The number of esters is 1. The fraction of sp³-hybridized carbons (Fsp3) is 0.929. The molecule has 0 saturated heterocycles. The Hall–Kier alpha value is -0.570. The summed E-state index contributed by atoms with van der Waals surface area (Å²) in [7, 11) is 0. The van der Waals surface area contributed by atoms with E-state index in [1.807, 2.05) is 13.8 Å². The largest absolute Gasteiger partial charge is 0.465 e. The molecule has 3 heteroatoms. The summed E-state index contributed by atoms with van der Waals surface area (Å²) < 4.78 is 5.03. The van der Waals surface area contributed by atoms with Crippen LogP contribution < -0.4 is 5.32 Å². The van der Waals surface area contributed by atoms with Gasteiger partial charge in [-0.05, 0) is 57.8 Å². The molecular formula is C14H25NO2. The van der Waals surface area contributed by atoms with Crippen molar-refractivity contribution in [2.75, 3.05) is 6.61 Å². The standard InChI is InChI=1S/C14H25NO2/c1-4-17-14(16)10(3)15-9(2)13-8-11-5-6-12(13)7-11/h9-13,15H,4-8H2,1-3H3. The Morgan fingerprint density at radius 1 is 1.35 bits per heavy atom. The minimum absolute atomic E-state index is 0.123. The molecule has 0 spiro atoms. The number of hydrogen-bond acceptors (Lipinski definition) is 3. The topological polar surface area (TPSA) is 38.3 Å². The molecule has 1 N–H and O–H groups in total. The summed E-state index contributed by atoms with van der Waals surface area (Å²) in [5.74, 6) is 2.51. The van der Waals surface area contributed by atoms with Crippen molar-refractivity contribution in [2.24, 2.45) is 17.8 Å². The zero-order valence-electron chi connectivity index (χ0n) is 11.2. The Bertz CT molecular complexity index is 279. The second-order valence-corrected chi connectivity index (χ2v) is 5.77. The van der Waals surface area contributed by atoms with Gasteiger partial charge in [0.1, 0.15) is 6.04 Å². The molecule has 0 heterocycles. The molecule has 5 atom stereocenters. The van der Waals surface area contributed by atoms with Crippen LogP contribution in [0.3, 0.4) is 0 Å². The van der Waals surface area contributed by atoms with Crippen molar-refractivity contribution in [2.45, 2.75) is 58.5 Å². The van der Waals surface area contributed by atoms with Gasteiger partial charge < -0.3 is 10.1 Å². The second kappa shape index (κ2) is 5.38. The van der Waals surface area contributed by atoms with Gasteiger partial charge in [0.15, 0.2) is 0 Å². The van der Waals surface area contributed by atoms with Crippen LogP contribution in [-0.2, 0) is 9.53 Å². The molecule has 0 amide bonds. The second-order valence-electron chi connectivity index (χ2n) is 5.77. The van der Waals surface area contributed by atoms with Crippen molar-refractivity contribution in [3.8, 4) is 0 Å². The molecule has 2 saturated carbocycles. The smallest absolute Gasteiger partial charge is 0.322 e. The lowest BCUT2D eigenvalue weighted by molar-refractivity contribution is -0.145. The summed E-state index contributed by atoms with van der Waals surface area (Å²) in [5, 5.41) is 3.42. The number of fused-ring (bicyclic) bond motifs is 2. The number of hydrogen-bond donors (Lipinski definition) is 1. The molecule has 17 heavy (non-hydrogen) atoms. The van der Waals surface area contributed by atoms with Crippen LogP contribution in [0.2, 0.25) is 0 Å². The maximum Gasteiger partial charge on any atom is 0.322 e. The molecule has 2 fully saturated rings. The van der Waals surface area contributed by atoms with Crippen LogP contribution in [0.5, 0.6) is 0 Å². The molecule has 2 bridgehead atoms.